The summed E-state index contributed by atoms with van der Waals surface area (Å²) in [5.74, 6) is 0. The summed E-state index contributed by atoms with van der Waals surface area (Å²) >= 11 is 6.27. The van der Waals surface area contributed by atoms with Gasteiger partial charge >= 0.3 is 0 Å². The molecular formula is C11H17ClSi. The van der Waals surface area contributed by atoms with Crippen molar-refractivity contribution in [1.82, 2.24) is 0 Å². The summed E-state index contributed by atoms with van der Waals surface area (Å²) in [6.07, 6.45) is 1.13. The minimum absolute atomic E-state index is 1.13. The fourth-order valence-electron chi connectivity index (χ4n) is 1.32. The largest absolute Gasteiger partial charge is 0.168 e. The van der Waals surface area contributed by atoms with Gasteiger partial charge in [-0.15, -0.1) is 0 Å². The van der Waals surface area contributed by atoms with Crippen LogP contribution in [0, 0.1) is 6.92 Å². The summed E-state index contributed by atoms with van der Waals surface area (Å²) in [4.78, 5) is 0. The van der Waals surface area contributed by atoms with Crippen molar-refractivity contribution in [2.24, 2.45) is 0 Å². The van der Waals surface area contributed by atoms with E-state index in [-0.39, 0.29) is 0 Å². The Morgan fingerprint density at radius 1 is 1.23 bits per heavy atom. The van der Waals surface area contributed by atoms with Gasteiger partial charge in [0.05, 0.1) is 0 Å². The standard InChI is InChI=1S/C11H17ClSi/c1-10-6-4-5-7-11(10)8-9-13(2,3)12/h4-7H,8-9H2,1-3H3. The molecule has 0 aliphatic rings. The van der Waals surface area contributed by atoms with Gasteiger partial charge in [0, 0.05) is 0 Å². The number of rotatable bonds is 3. The minimum atomic E-state index is -1.39. The zero-order chi connectivity index (χ0) is 9.90. The molecule has 0 amide bonds. The molecule has 0 saturated carbocycles. The third-order valence-corrected chi connectivity index (χ3v) is 4.26. The molecule has 0 aromatic heterocycles. The van der Waals surface area contributed by atoms with E-state index >= 15 is 0 Å². The fraction of sp³-hybridized carbons (Fsp3) is 0.455. The van der Waals surface area contributed by atoms with Crippen LogP contribution in [0.2, 0.25) is 19.1 Å². The van der Waals surface area contributed by atoms with Gasteiger partial charge in [0.1, 0.15) is 0 Å². The maximum absolute atomic E-state index is 6.27. The van der Waals surface area contributed by atoms with Gasteiger partial charge in [0.15, 0.2) is 7.38 Å². The molecule has 0 bridgehead atoms. The smallest absolute Gasteiger partial charge is 0.150 e. The van der Waals surface area contributed by atoms with Gasteiger partial charge in [-0.05, 0) is 30.5 Å². The zero-order valence-electron chi connectivity index (χ0n) is 8.60. The maximum atomic E-state index is 6.27. The van der Waals surface area contributed by atoms with Gasteiger partial charge in [0.25, 0.3) is 0 Å². The van der Waals surface area contributed by atoms with Crippen LogP contribution in [0.5, 0.6) is 0 Å². The van der Waals surface area contributed by atoms with E-state index in [2.05, 4.69) is 44.3 Å². The van der Waals surface area contributed by atoms with Crippen molar-refractivity contribution >= 4 is 18.5 Å². The van der Waals surface area contributed by atoms with E-state index in [1.807, 2.05) is 0 Å². The van der Waals surface area contributed by atoms with Gasteiger partial charge < -0.3 is 0 Å². The molecule has 0 N–H and O–H groups in total. The third kappa shape index (κ3) is 3.97. The second-order valence-corrected chi connectivity index (χ2v) is 11.2. The second-order valence-electron chi connectivity index (χ2n) is 4.15. The molecule has 0 radical (unpaired) electrons. The van der Waals surface area contributed by atoms with Crippen molar-refractivity contribution in [2.75, 3.05) is 0 Å². The van der Waals surface area contributed by atoms with Gasteiger partial charge in [-0.25, -0.2) is 0 Å². The van der Waals surface area contributed by atoms with Crippen molar-refractivity contribution in [3.05, 3.63) is 35.4 Å². The highest BCUT2D eigenvalue weighted by atomic mass is 35.6. The number of hydrogen-bond acceptors (Lipinski definition) is 0. The van der Waals surface area contributed by atoms with E-state index < -0.39 is 7.38 Å². The molecular weight excluding hydrogens is 196 g/mol. The predicted molar refractivity (Wildman–Crippen MR) is 63.0 cm³/mol. The highest BCUT2D eigenvalue weighted by Crippen LogP contribution is 2.19. The van der Waals surface area contributed by atoms with E-state index in [4.69, 9.17) is 11.1 Å². The summed E-state index contributed by atoms with van der Waals surface area (Å²) in [5.41, 5.74) is 2.83. The first-order valence-electron chi connectivity index (χ1n) is 4.72. The van der Waals surface area contributed by atoms with Crippen LogP contribution in [0.3, 0.4) is 0 Å². The fourth-order valence-corrected chi connectivity index (χ4v) is 2.47. The molecule has 1 aromatic rings. The van der Waals surface area contributed by atoms with E-state index in [0.29, 0.717) is 0 Å². The topological polar surface area (TPSA) is 0 Å². The SMILES string of the molecule is Cc1ccccc1CC[Si](C)(C)Cl. The van der Waals surface area contributed by atoms with Crippen LogP contribution in [-0.2, 0) is 6.42 Å². The molecule has 13 heavy (non-hydrogen) atoms. The number of aryl methyl sites for hydroxylation is 2. The minimum Gasteiger partial charge on any atom is -0.168 e. The average Bonchev–Trinajstić information content (AvgIpc) is 2.01. The molecule has 0 aliphatic heterocycles. The molecule has 2 heteroatoms. The monoisotopic (exact) mass is 212 g/mol. The first-order chi connectivity index (χ1) is 5.99. The second kappa shape index (κ2) is 4.29. The Bertz CT molecular complexity index is 276. The number of halogens is 1. The Kier molecular flexibility index (Phi) is 3.57. The molecule has 0 saturated heterocycles. The summed E-state index contributed by atoms with van der Waals surface area (Å²) in [6, 6.07) is 9.72. The highest BCUT2D eigenvalue weighted by Gasteiger charge is 2.16. The zero-order valence-corrected chi connectivity index (χ0v) is 10.4. The van der Waals surface area contributed by atoms with Gasteiger partial charge in [-0.3, -0.25) is 0 Å². The first kappa shape index (κ1) is 10.8. The van der Waals surface area contributed by atoms with Crippen molar-refractivity contribution in [3.63, 3.8) is 0 Å². The summed E-state index contributed by atoms with van der Waals surface area (Å²) < 4.78 is 0. The molecule has 0 unspecified atom stereocenters. The van der Waals surface area contributed by atoms with Crippen LogP contribution in [0.15, 0.2) is 24.3 Å². The van der Waals surface area contributed by atoms with Crippen LogP contribution >= 0.6 is 11.1 Å². The lowest BCUT2D eigenvalue weighted by Crippen LogP contribution is -2.16. The van der Waals surface area contributed by atoms with Gasteiger partial charge in [-0.1, -0.05) is 37.4 Å². The Labute approximate surface area is 86.6 Å². The van der Waals surface area contributed by atoms with Crippen LogP contribution in [0.4, 0.5) is 0 Å². The summed E-state index contributed by atoms with van der Waals surface area (Å²) in [7, 11) is -1.39. The van der Waals surface area contributed by atoms with E-state index in [1.165, 1.54) is 17.2 Å². The Hall–Kier alpha value is -0.273. The van der Waals surface area contributed by atoms with Crippen LogP contribution < -0.4 is 0 Å². The molecule has 0 fully saturated rings. The Morgan fingerprint density at radius 3 is 2.38 bits per heavy atom. The quantitative estimate of drug-likeness (QED) is 0.525. The molecule has 72 valence electrons. The highest BCUT2D eigenvalue weighted by molar-refractivity contribution is 7.19. The Morgan fingerprint density at radius 2 is 1.85 bits per heavy atom. The molecule has 0 spiro atoms. The molecule has 0 aliphatic carbocycles. The molecule has 0 nitrogen and oxygen atoms in total. The van der Waals surface area contributed by atoms with E-state index in [0.717, 1.165) is 6.42 Å². The lowest BCUT2D eigenvalue weighted by Gasteiger charge is -2.13. The number of benzene rings is 1. The lowest BCUT2D eigenvalue weighted by atomic mass is 10.1. The van der Waals surface area contributed by atoms with Crippen molar-refractivity contribution in [3.8, 4) is 0 Å². The first-order valence-corrected chi connectivity index (χ1v) is 8.94. The average molecular weight is 213 g/mol. The van der Waals surface area contributed by atoms with Crippen LogP contribution in [0.25, 0.3) is 0 Å². The molecule has 0 atom stereocenters. The van der Waals surface area contributed by atoms with Crippen molar-refractivity contribution in [1.29, 1.82) is 0 Å². The predicted octanol–water partition coefficient (Wildman–Crippen LogP) is 3.98. The van der Waals surface area contributed by atoms with Gasteiger partial charge in [0.2, 0.25) is 0 Å². The lowest BCUT2D eigenvalue weighted by molar-refractivity contribution is 1.08. The maximum Gasteiger partial charge on any atom is 0.150 e. The van der Waals surface area contributed by atoms with Crippen LogP contribution in [-0.4, -0.2) is 7.38 Å². The van der Waals surface area contributed by atoms with Crippen LogP contribution in [0.1, 0.15) is 11.1 Å². The van der Waals surface area contributed by atoms with Gasteiger partial charge in [-0.2, -0.15) is 11.1 Å². The van der Waals surface area contributed by atoms with E-state index in [9.17, 15) is 0 Å². The molecule has 0 heterocycles. The Balaban J connectivity index is 2.60. The van der Waals surface area contributed by atoms with Crippen molar-refractivity contribution < 1.29 is 0 Å². The molecule has 1 aromatic carbocycles. The summed E-state index contributed by atoms with van der Waals surface area (Å²) in [6.45, 7) is 6.57. The number of hydrogen-bond donors (Lipinski definition) is 0. The third-order valence-electron chi connectivity index (χ3n) is 2.25. The van der Waals surface area contributed by atoms with E-state index in [1.54, 1.807) is 0 Å². The summed E-state index contributed by atoms with van der Waals surface area (Å²) in [5, 5.41) is 0. The normalized spacial score (nSPS) is 11.7. The molecule has 1 rings (SSSR count). The van der Waals surface area contributed by atoms with Crippen molar-refractivity contribution in [2.45, 2.75) is 32.5 Å².